The van der Waals surface area contributed by atoms with Gasteiger partial charge in [0.1, 0.15) is 0 Å². The third-order valence-electron chi connectivity index (χ3n) is 3.41. The summed E-state index contributed by atoms with van der Waals surface area (Å²) in [6.45, 7) is 6.15. The van der Waals surface area contributed by atoms with Crippen molar-refractivity contribution in [3.05, 3.63) is 0 Å². The number of hydrogen-bond acceptors (Lipinski definition) is 2. The van der Waals surface area contributed by atoms with Gasteiger partial charge < -0.3 is 10.0 Å². The highest BCUT2D eigenvalue weighted by Gasteiger charge is 2.46. The van der Waals surface area contributed by atoms with Gasteiger partial charge >= 0.3 is 0 Å². The lowest BCUT2D eigenvalue weighted by Gasteiger charge is -2.56. The Morgan fingerprint density at radius 1 is 1.42 bits per heavy atom. The van der Waals surface area contributed by atoms with Gasteiger partial charge in [0.25, 0.3) is 0 Å². The van der Waals surface area contributed by atoms with Crippen molar-refractivity contribution in [3.63, 3.8) is 0 Å². The molecular formula is C10H19NO. The smallest absolute Gasteiger partial charge is 0.0468 e. The molecule has 1 unspecified atom stereocenters. The molecule has 0 radical (unpaired) electrons. The Labute approximate surface area is 74.6 Å². The van der Waals surface area contributed by atoms with Crippen LogP contribution in [0, 0.1) is 11.3 Å². The number of nitrogens with zero attached hydrogens (tertiary/aromatic N) is 1. The molecule has 1 saturated heterocycles. The Balaban J connectivity index is 1.67. The molecule has 0 bridgehead atoms. The van der Waals surface area contributed by atoms with E-state index in [0.29, 0.717) is 12.5 Å². The summed E-state index contributed by atoms with van der Waals surface area (Å²) in [6.07, 6.45) is 4.36. The van der Waals surface area contributed by atoms with Gasteiger partial charge in [0.15, 0.2) is 0 Å². The standard InChI is InChI=1S/C10H19NO/c1-9(6-12)5-11-7-10(8-11)3-2-4-10/h9,12H,2-8H2,1H3. The monoisotopic (exact) mass is 169 g/mol. The van der Waals surface area contributed by atoms with Crippen LogP contribution >= 0.6 is 0 Å². The van der Waals surface area contributed by atoms with E-state index in [4.69, 9.17) is 5.11 Å². The predicted octanol–water partition coefficient (Wildman–Crippen LogP) is 1.10. The maximum absolute atomic E-state index is 8.88. The largest absolute Gasteiger partial charge is 0.396 e. The summed E-state index contributed by atoms with van der Waals surface area (Å²) in [5.74, 6) is 0.461. The molecule has 1 spiro atoms. The average molecular weight is 169 g/mol. The molecule has 2 fully saturated rings. The van der Waals surface area contributed by atoms with Gasteiger partial charge in [-0.3, -0.25) is 0 Å². The minimum Gasteiger partial charge on any atom is -0.396 e. The molecule has 1 saturated carbocycles. The van der Waals surface area contributed by atoms with Gasteiger partial charge in [-0.05, 0) is 24.2 Å². The molecule has 1 heterocycles. The second-order valence-corrected chi connectivity index (χ2v) is 4.81. The van der Waals surface area contributed by atoms with Crippen LogP contribution in [0.15, 0.2) is 0 Å². The van der Waals surface area contributed by atoms with E-state index in [-0.39, 0.29) is 0 Å². The lowest BCUT2D eigenvalue weighted by Crippen LogP contribution is -2.60. The van der Waals surface area contributed by atoms with Gasteiger partial charge in [0.2, 0.25) is 0 Å². The number of aliphatic hydroxyl groups excluding tert-OH is 1. The van der Waals surface area contributed by atoms with Crippen molar-refractivity contribution in [2.24, 2.45) is 11.3 Å². The minimum atomic E-state index is 0.337. The zero-order chi connectivity index (χ0) is 8.60. The van der Waals surface area contributed by atoms with Crippen LogP contribution in [-0.4, -0.2) is 36.2 Å². The van der Waals surface area contributed by atoms with Crippen LogP contribution in [0.3, 0.4) is 0 Å². The molecule has 70 valence electrons. The van der Waals surface area contributed by atoms with E-state index in [2.05, 4.69) is 11.8 Å². The number of aliphatic hydroxyl groups is 1. The number of rotatable bonds is 3. The summed E-state index contributed by atoms with van der Waals surface area (Å²) < 4.78 is 0. The third kappa shape index (κ3) is 1.38. The summed E-state index contributed by atoms with van der Waals surface area (Å²) in [7, 11) is 0. The van der Waals surface area contributed by atoms with Gasteiger partial charge in [-0.15, -0.1) is 0 Å². The van der Waals surface area contributed by atoms with Crippen molar-refractivity contribution < 1.29 is 5.11 Å². The lowest BCUT2D eigenvalue weighted by atomic mass is 9.63. The Morgan fingerprint density at radius 2 is 2.08 bits per heavy atom. The summed E-state index contributed by atoms with van der Waals surface area (Å²) in [5.41, 5.74) is 0.745. The van der Waals surface area contributed by atoms with Gasteiger partial charge in [-0.25, -0.2) is 0 Å². The third-order valence-corrected chi connectivity index (χ3v) is 3.41. The molecule has 0 aromatic heterocycles. The van der Waals surface area contributed by atoms with Crippen LogP contribution in [0.2, 0.25) is 0 Å². The van der Waals surface area contributed by atoms with Crippen LogP contribution < -0.4 is 0 Å². The molecule has 1 atom stereocenters. The molecular weight excluding hydrogens is 150 g/mol. The van der Waals surface area contributed by atoms with E-state index in [1.807, 2.05) is 0 Å². The van der Waals surface area contributed by atoms with Gasteiger partial charge in [-0.1, -0.05) is 13.3 Å². The van der Waals surface area contributed by atoms with E-state index in [1.165, 1.54) is 32.4 Å². The van der Waals surface area contributed by atoms with E-state index in [1.54, 1.807) is 0 Å². The fourth-order valence-electron chi connectivity index (χ4n) is 2.52. The average Bonchev–Trinajstić information content (AvgIpc) is 1.91. The SMILES string of the molecule is CC(CO)CN1CC2(CCC2)C1. The van der Waals surface area contributed by atoms with E-state index in [0.717, 1.165) is 12.0 Å². The first-order chi connectivity index (χ1) is 5.74. The van der Waals surface area contributed by atoms with Crippen molar-refractivity contribution in [2.45, 2.75) is 26.2 Å². The first kappa shape index (κ1) is 8.52. The molecule has 0 aromatic carbocycles. The maximum Gasteiger partial charge on any atom is 0.0468 e. The van der Waals surface area contributed by atoms with Crippen molar-refractivity contribution in [2.75, 3.05) is 26.2 Å². The molecule has 1 aliphatic carbocycles. The fraction of sp³-hybridized carbons (Fsp3) is 1.00. The Hall–Kier alpha value is -0.0800. The Bertz CT molecular complexity index is 154. The number of likely N-dealkylation sites (tertiary alicyclic amines) is 1. The van der Waals surface area contributed by atoms with Gasteiger partial charge in [-0.2, -0.15) is 0 Å². The van der Waals surface area contributed by atoms with E-state index >= 15 is 0 Å². The predicted molar refractivity (Wildman–Crippen MR) is 49.0 cm³/mol. The molecule has 1 aliphatic heterocycles. The van der Waals surface area contributed by atoms with Crippen LogP contribution in [0.1, 0.15) is 26.2 Å². The molecule has 2 heteroatoms. The summed E-state index contributed by atoms with van der Waals surface area (Å²) in [4.78, 5) is 2.49. The van der Waals surface area contributed by atoms with Crippen LogP contribution in [-0.2, 0) is 0 Å². The van der Waals surface area contributed by atoms with Crippen molar-refractivity contribution >= 4 is 0 Å². The van der Waals surface area contributed by atoms with Gasteiger partial charge in [0.05, 0.1) is 0 Å². The highest BCUT2D eigenvalue weighted by atomic mass is 16.3. The normalized spacial score (nSPS) is 29.5. The second kappa shape index (κ2) is 3.00. The number of hydrogen-bond donors (Lipinski definition) is 1. The zero-order valence-electron chi connectivity index (χ0n) is 7.92. The summed E-state index contributed by atoms with van der Waals surface area (Å²) in [6, 6.07) is 0. The Morgan fingerprint density at radius 3 is 2.50 bits per heavy atom. The first-order valence-corrected chi connectivity index (χ1v) is 5.07. The van der Waals surface area contributed by atoms with Crippen molar-refractivity contribution in [3.8, 4) is 0 Å². The van der Waals surface area contributed by atoms with Crippen LogP contribution in [0.4, 0.5) is 0 Å². The fourth-order valence-corrected chi connectivity index (χ4v) is 2.52. The lowest BCUT2D eigenvalue weighted by molar-refractivity contribution is -0.0680. The molecule has 0 amide bonds. The first-order valence-electron chi connectivity index (χ1n) is 5.07. The molecule has 12 heavy (non-hydrogen) atoms. The quantitative estimate of drug-likeness (QED) is 0.684. The second-order valence-electron chi connectivity index (χ2n) is 4.81. The van der Waals surface area contributed by atoms with Crippen LogP contribution in [0.25, 0.3) is 0 Å². The van der Waals surface area contributed by atoms with Crippen LogP contribution in [0.5, 0.6) is 0 Å². The Kier molecular flexibility index (Phi) is 2.13. The highest BCUT2D eigenvalue weighted by Crippen LogP contribution is 2.48. The molecule has 2 aliphatic rings. The topological polar surface area (TPSA) is 23.5 Å². The zero-order valence-corrected chi connectivity index (χ0v) is 7.92. The van der Waals surface area contributed by atoms with Crippen molar-refractivity contribution in [1.82, 2.24) is 4.90 Å². The maximum atomic E-state index is 8.88. The molecule has 1 N–H and O–H groups in total. The summed E-state index contributed by atoms with van der Waals surface area (Å²) >= 11 is 0. The molecule has 2 nitrogen and oxygen atoms in total. The van der Waals surface area contributed by atoms with E-state index in [9.17, 15) is 0 Å². The highest BCUT2D eigenvalue weighted by molar-refractivity contribution is 5.00. The van der Waals surface area contributed by atoms with E-state index < -0.39 is 0 Å². The van der Waals surface area contributed by atoms with Gasteiger partial charge in [0, 0.05) is 26.2 Å². The minimum absolute atomic E-state index is 0.337. The molecule has 2 rings (SSSR count). The summed E-state index contributed by atoms with van der Waals surface area (Å²) in [5, 5.41) is 8.88. The van der Waals surface area contributed by atoms with Crippen molar-refractivity contribution in [1.29, 1.82) is 0 Å². The molecule has 0 aromatic rings.